The normalized spacial score (nSPS) is 26.5. The summed E-state index contributed by atoms with van der Waals surface area (Å²) in [7, 11) is 0. The van der Waals surface area contributed by atoms with Crippen LogP contribution >= 0.6 is 0 Å². The van der Waals surface area contributed by atoms with Crippen molar-refractivity contribution in [3.05, 3.63) is 61.2 Å². The summed E-state index contributed by atoms with van der Waals surface area (Å²) in [5, 5.41) is 13.4. The minimum Gasteiger partial charge on any atom is -0.460 e. The van der Waals surface area contributed by atoms with Crippen molar-refractivity contribution in [3.8, 4) is 0 Å². The summed E-state index contributed by atoms with van der Waals surface area (Å²) >= 11 is 0. The zero-order valence-electron chi connectivity index (χ0n) is 26.0. The van der Waals surface area contributed by atoms with E-state index in [1.165, 1.54) is 4.90 Å². The van der Waals surface area contributed by atoms with Crippen molar-refractivity contribution in [2.45, 2.75) is 88.7 Å². The molecule has 4 rings (SSSR count). The van der Waals surface area contributed by atoms with Crippen molar-refractivity contribution in [3.63, 3.8) is 0 Å². The average Bonchev–Trinajstić information content (AvgIpc) is 3.67. The van der Waals surface area contributed by atoms with Gasteiger partial charge >= 0.3 is 5.97 Å². The Morgan fingerprint density at radius 2 is 1.98 bits per heavy atom. The van der Waals surface area contributed by atoms with E-state index in [9.17, 15) is 24.3 Å². The van der Waals surface area contributed by atoms with Crippen molar-refractivity contribution >= 4 is 23.7 Å². The van der Waals surface area contributed by atoms with Crippen molar-refractivity contribution in [2.24, 2.45) is 11.8 Å². The molecule has 2 bridgehead atoms. The van der Waals surface area contributed by atoms with Crippen LogP contribution in [0.5, 0.6) is 0 Å². The van der Waals surface area contributed by atoms with Gasteiger partial charge in [0, 0.05) is 19.5 Å². The van der Waals surface area contributed by atoms with Gasteiger partial charge < -0.3 is 29.7 Å². The number of likely N-dealkylation sites (tertiary alicyclic amines) is 1. The van der Waals surface area contributed by atoms with Gasteiger partial charge in [-0.15, -0.1) is 13.2 Å². The van der Waals surface area contributed by atoms with Crippen LogP contribution in [0.3, 0.4) is 0 Å². The number of hydrogen-bond donors (Lipinski definition) is 2. The van der Waals surface area contributed by atoms with E-state index in [4.69, 9.17) is 9.47 Å². The second-order valence-electron chi connectivity index (χ2n) is 12.1. The monoisotopic (exact) mass is 609 g/mol. The molecule has 7 atom stereocenters. The van der Waals surface area contributed by atoms with E-state index < -0.39 is 60.2 Å². The summed E-state index contributed by atoms with van der Waals surface area (Å²) in [4.78, 5) is 57.9. The van der Waals surface area contributed by atoms with Crippen molar-refractivity contribution in [1.29, 1.82) is 0 Å². The van der Waals surface area contributed by atoms with Gasteiger partial charge in [0.05, 0.1) is 37.1 Å². The molecule has 1 aromatic rings. The van der Waals surface area contributed by atoms with Gasteiger partial charge in [-0.05, 0) is 38.2 Å². The SMILES string of the molecule is C=CCCC(=O)NC[C@H](C)OC(=O)[C@@H]1[C@@H]2CC[C@]3(O2)[C@H](C(=O)N(CC=C)CCCCC)N([C@H](CO)c2ccccc2)C(=O)[C@@H]13. The average molecular weight is 610 g/mol. The molecule has 0 unspecified atom stereocenters. The van der Waals surface area contributed by atoms with Crippen molar-refractivity contribution < 1.29 is 33.8 Å². The molecule has 0 aromatic heterocycles. The van der Waals surface area contributed by atoms with E-state index in [0.717, 1.165) is 19.3 Å². The van der Waals surface area contributed by atoms with E-state index in [2.05, 4.69) is 25.4 Å². The number of fused-ring (bicyclic) bond motifs is 1. The molecule has 1 aromatic carbocycles. The maximum absolute atomic E-state index is 14.5. The number of hydrogen-bond acceptors (Lipinski definition) is 7. The lowest BCUT2D eigenvalue weighted by atomic mass is 9.70. The summed E-state index contributed by atoms with van der Waals surface area (Å²) in [5.41, 5.74) is -0.537. The third-order valence-electron chi connectivity index (χ3n) is 9.11. The first-order valence-corrected chi connectivity index (χ1v) is 15.9. The lowest BCUT2D eigenvalue weighted by Crippen LogP contribution is -2.57. The number of carbonyl (C=O) groups excluding carboxylic acids is 4. The molecule has 10 heteroatoms. The molecule has 3 aliphatic rings. The molecule has 3 heterocycles. The number of aliphatic hydroxyl groups is 1. The zero-order valence-corrected chi connectivity index (χ0v) is 26.0. The molecule has 3 amide bonds. The van der Waals surface area contributed by atoms with E-state index >= 15 is 0 Å². The molecule has 0 aliphatic carbocycles. The minimum atomic E-state index is -1.23. The number of rotatable bonds is 17. The summed E-state index contributed by atoms with van der Waals surface area (Å²) in [5.74, 6) is -3.25. The summed E-state index contributed by atoms with van der Waals surface area (Å²) in [6, 6.07) is 7.30. The summed E-state index contributed by atoms with van der Waals surface area (Å²) < 4.78 is 12.3. The molecular weight excluding hydrogens is 562 g/mol. The largest absolute Gasteiger partial charge is 0.460 e. The molecule has 3 saturated heterocycles. The summed E-state index contributed by atoms with van der Waals surface area (Å²) in [6.07, 6.45) is 6.64. The van der Waals surface area contributed by atoms with Gasteiger partial charge in [-0.2, -0.15) is 0 Å². The van der Waals surface area contributed by atoms with Crippen LogP contribution in [-0.2, 0) is 28.7 Å². The Kier molecular flexibility index (Phi) is 11.4. The highest BCUT2D eigenvalue weighted by Gasteiger charge is 2.75. The molecule has 240 valence electrons. The Hall–Kier alpha value is -3.50. The number of esters is 1. The number of allylic oxidation sites excluding steroid dienone is 1. The second kappa shape index (κ2) is 15.0. The zero-order chi connectivity index (χ0) is 31.9. The second-order valence-corrected chi connectivity index (χ2v) is 12.1. The summed E-state index contributed by atoms with van der Waals surface area (Å²) in [6.45, 7) is 11.8. The highest BCUT2D eigenvalue weighted by molar-refractivity contribution is 5.98. The third kappa shape index (κ3) is 6.61. The fourth-order valence-electron chi connectivity index (χ4n) is 7.07. The number of ether oxygens (including phenoxy) is 2. The standard InChI is InChI=1S/C34H47N3O7/c1-5-8-13-20-36(19-7-3)32(41)30-34-18-17-26(44-34)28(33(42)43-23(4)21-35-27(39)16-9-6-2)29(34)31(40)37(30)25(22-38)24-14-11-10-12-15-24/h6-7,10-12,14-15,23,25-26,28-30,38H,2-3,5,8-9,13,16-22H2,1,4H3,(H,35,39)/t23-,25+,26-,28+,29+,30-,34+/m0/s1. The third-order valence-corrected chi connectivity index (χ3v) is 9.11. The van der Waals surface area contributed by atoms with Gasteiger partial charge in [0.15, 0.2) is 0 Å². The Labute approximate surface area is 260 Å². The molecule has 10 nitrogen and oxygen atoms in total. The first kappa shape index (κ1) is 33.4. The van der Waals surface area contributed by atoms with E-state index in [1.54, 1.807) is 24.0 Å². The molecule has 3 aliphatic heterocycles. The van der Waals surface area contributed by atoms with Crippen LogP contribution in [0.15, 0.2) is 55.6 Å². The van der Waals surface area contributed by atoms with Gasteiger partial charge in [-0.25, -0.2) is 0 Å². The number of nitrogens with zero attached hydrogens (tertiary/aromatic N) is 2. The molecular formula is C34H47N3O7. The Morgan fingerprint density at radius 3 is 2.64 bits per heavy atom. The van der Waals surface area contributed by atoms with Crippen LogP contribution < -0.4 is 5.32 Å². The minimum absolute atomic E-state index is 0.131. The van der Waals surface area contributed by atoms with Crippen molar-refractivity contribution in [1.82, 2.24) is 15.1 Å². The highest BCUT2D eigenvalue weighted by Crippen LogP contribution is 2.60. The quantitative estimate of drug-likeness (QED) is 0.158. The van der Waals surface area contributed by atoms with Crippen molar-refractivity contribution in [2.75, 3.05) is 26.2 Å². The molecule has 1 spiro atoms. The maximum Gasteiger partial charge on any atom is 0.312 e. The fraction of sp³-hybridized carbons (Fsp3) is 0.588. The van der Waals surface area contributed by atoms with Gasteiger partial charge in [0.2, 0.25) is 17.7 Å². The van der Waals surface area contributed by atoms with Crippen LogP contribution in [0.25, 0.3) is 0 Å². The van der Waals surface area contributed by atoms with Crippen LogP contribution in [0.1, 0.15) is 70.4 Å². The number of aliphatic hydroxyl groups excluding tert-OH is 1. The predicted octanol–water partition coefficient (Wildman–Crippen LogP) is 3.31. The maximum atomic E-state index is 14.5. The molecule has 0 saturated carbocycles. The van der Waals surface area contributed by atoms with Crippen LogP contribution in [0.4, 0.5) is 0 Å². The molecule has 3 fully saturated rings. The lowest BCUT2D eigenvalue weighted by Gasteiger charge is -2.39. The Bertz CT molecular complexity index is 1210. The number of amides is 3. The van der Waals surface area contributed by atoms with Crippen LogP contribution in [0.2, 0.25) is 0 Å². The smallest absolute Gasteiger partial charge is 0.312 e. The first-order chi connectivity index (χ1) is 21.2. The highest BCUT2D eigenvalue weighted by atomic mass is 16.6. The number of unbranched alkanes of at least 4 members (excludes halogenated alkanes) is 2. The Morgan fingerprint density at radius 1 is 1.23 bits per heavy atom. The number of benzene rings is 1. The number of carbonyl (C=O) groups is 4. The van der Waals surface area contributed by atoms with Gasteiger partial charge in [0.1, 0.15) is 17.7 Å². The van der Waals surface area contributed by atoms with Gasteiger partial charge in [-0.3, -0.25) is 19.2 Å². The van der Waals surface area contributed by atoms with E-state index in [1.807, 2.05) is 30.3 Å². The molecule has 44 heavy (non-hydrogen) atoms. The van der Waals surface area contributed by atoms with Crippen LogP contribution in [-0.4, -0.2) is 88.7 Å². The molecule has 2 N–H and O–H groups in total. The molecule has 0 radical (unpaired) electrons. The van der Waals surface area contributed by atoms with E-state index in [-0.39, 0.29) is 18.4 Å². The van der Waals surface area contributed by atoms with Gasteiger partial charge in [-0.1, -0.05) is 62.2 Å². The van der Waals surface area contributed by atoms with Crippen LogP contribution in [0, 0.1) is 11.8 Å². The number of nitrogens with one attached hydrogen (secondary N) is 1. The van der Waals surface area contributed by atoms with Gasteiger partial charge in [0.25, 0.3) is 0 Å². The first-order valence-electron chi connectivity index (χ1n) is 15.9. The van der Waals surface area contributed by atoms with E-state index in [0.29, 0.717) is 44.3 Å². The predicted molar refractivity (Wildman–Crippen MR) is 165 cm³/mol. The lowest BCUT2D eigenvalue weighted by molar-refractivity contribution is -0.160. The fourth-order valence-corrected chi connectivity index (χ4v) is 7.07. The topological polar surface area (TPSA) is 125 Å². The Balaban J connectivity index is 1.65.